The van der Waals surface area contributed by atoms with Crippen molar-refractivity contribution < 1.29 is 18.0 Å². The van der Waals surface area contributed by atoms with Gasteiger partial charge in [-0.05, 0) is 69.4 Å². The molecule has 166 valence electrons. The number of alkyl halides is 3. The van der Waals surface area contributed by atoms with Crippen LogP contribution in [-0.4, -0.2) is 29.3 Å². The van der Waals surface area contributed by atoms with Crippen LogP contribution in [0.4, 0.5) is 30.2 Å². The first-order valence-electron chi connectivity index (χ1n) is 9.52. The maximum atomic E-state index is 13.5. The van der Waals surface area contributed by atoms with Crippen molar-refractivity contribution in [1.29, 1.82) is 10.7 Å². The van der Waals surface area contributed by atoms with Crippen LogP contribution in [-0.2, 0) is 11.0 Å². The Hall–Kier alpha value is -3.45. The highest BCUT2D eigenvalue weighted by Crippen LogP contribution is 2.40. The van der Waals surface area contributed by atoms with Crippen molar-refractivity contribution in [2.24, 2.45) is 0 Å². The number of rotatable bonds is 4. The Kier molecular flexibility index (Phi) is 5.74. The molecule has 0 atom stereocenters. The molecule has 0 radical (unpaired) electrons. The maximum Gasteiger partial charge on any atom is 0.417 e. The van der Waals surface area contributed by atoms with Crippen molar-refractivity contribution in [3.63, 3.8) is 0 Å². The van der Waals surface area contributed by atoms with Crippen molar-refractivity contribution in [3.8, 4) is 6.07 Å². The lowest BCUT2D eigenvalue weighted by atomic mass is 10.0. The van der Waals surface area contributed by atoms with E-state index in [0.717, 1.165) is 17.0 Å². The van der Waals surface area contributed by atoms with Crippen LogP contribution in [0.3, 0.4) is 0 Å². The molecule has 1 amide bonds. The molecule has 1 saturated heterocycles. The molecule has 1 aliphatic rings. The number of nitriles is 1. The van der Waals surface area contributed by atoms with Crippen LogP contribution in [0, 0.1) is 16.7 Å². The predicted molar refractivity (Wildman–Crippen MR) is 121 cm³/mol. The summed E-state index contributed by atoms with van der Waals surface area (Å²) in [5.41, 5.74) is -0.797. The fourth-order valence-corrected chi connectivity index (χ4v) is 4.18. The molecule has 0 unspecified atom stereocenters. The van der Waals surface area contributed by atoms with Gasteiger partial charge >= 0.3 is 6.18 Å². The highest BCUT2D eigenvalue weighted by Gasteiger charge is 2.50. The molecular formula is C22H20F3N5OS. The van der Waals surface area contributed by atoms with Gasteiger partial charge in [-0.2, -0.15) is 18.4 Å². The first-order chi connectivity index (χ1) is 14.8. The van der Waals surface area contributed by atoms with Crippen LogP contribution in [0.2, 0.25) is 0 Å². The second-order valence-electron chi connectivity index (χ2n) is 7.76. The second-order valence-corrected chi connectivity index (χ2v) is 8.13. The summed E-state index contributed by atoms with van der Waals surface area (Å²) in [6.07, 6.45) is -4.76. The van der Waals surface area contributed by atoms with E-state index in [2.05, 4.69) is 5.32 Å². The Morgan fingerprint density at radius 2 is 1.81 bits per heavy atom. The molecule has 0 bridgehead atoms. The minimum atomic E-state index is -4.76. The maximum absolute atomic E-state index is 13.5. The van der Waals surface area contributed by atoms with Crippen LogP contribution < -0.4 is 15.1 Å². The molecule has 1 fully saturated rings. The predicted octanol–water partition coefficient (Wildman–Crippen LogP) is 4.92. The lowest BCUT2D eigenvalue weighted by Crippen LogP contribution is -2.44. The number of nitrogens with zero attached hydrogens (tertiary/aromatic N) is 3. The monoisotopic (exact) mass is 459 g/mol. The van der Waals surface area contributed by atoms with Gasteiger partial charge in [0.15, 0.2) is 5.11 Å². The number of carbonyl (C=O) groups is 1. The lowest BCUT2D eigenvalue weighted by molar-refractivity contribution is -0.137. The number of benzene rings is 2. The molecule has 32 heavy (non-hydrogen) atoms. The zero-order valence-electron chi connectivity index (χ0n) is 17.8. The molecular weight excluding hydrogens is 439 g/mol. The van der Waals surface area contributed by atoms with Gasteiger partial charge in [0.05, 0.1) is 22.9 Å². The summed E-state index contributed by atoms with van der Waals surface area (Å²) in [5, 5.41) is 20.1. The average molecular weight is 459 g/mol. The van der Waals surface area contributed by atoms with Gasteiger partial charge in [-0.3, -0.25) is 9.69 Å². The van der Waals surface area contributed by atoms with E-state index < -0.39 is 28.7 Å². The number of halogens is 3. The lowest BCUT2D eigenvalue weighted by Gasteiger charge is -2.30. The normalized spacial score (nSPS) is 15.7. The van der Waals surface area contributed by atoms with Gasteiger partial charge in [-0.25, -0.2) is 0 Å². The molecule has 0 spiro atoms. The van der Waals surface area contributed by atoms with E-state index in [1.165, 1.54) is 12.1 Å². The van der Waals surface area contributed by atoms with E-state index in [-0.39, 0.29) is 10.8 Å². The summed E-state index contributed by atoms with van der Waals surface area (Å²) in [4.78, 5) is 15.9. The molecule has 10 heteroatoms. The third-order valence-corrected chi connectivity index (χ3v) is 5.66. The van der Waals surface area contributed by atoms with E-state index in [4.69, 9.17) is 22.9 Å². The zero-order chi connectivity index (χ0) is 24.0. The minimum absolute atomic E-state index is 0.00336. The Bertz CT molecular complexity index is 1180. The van der Waals surface area contributed by atoms with Gasteiger partial charge in [-0.15, -0.1) is 0 Å². The number of carbonyl (C=O) groups excluding carboxylic acids is 1. The molecule has 1 aliphatic heterocycles. The summed E-state index contributed by atoms with van der Waals surface area (Å²) in [7, 11) is 1.72. The summed E-state index contributed by atoms with van der Waals surface area (Å²) in [5.74, 6) is -0.508. The number of thiocarbonyl (C=S) groups is 1. The number of hydrogen-bond donors (Lipinski definition) is 2. The topological polar surface area (TPSA) is 83.2 Å². The highest BCUT2D eigenvalue weighted by molar-refractivity contribution is 7.81. The average Bonchev–Trinajstić information content (AvgIpc) is 2.90. The van der Waals surface area contributed by atoms with E-state index in [1.807, 2.05) is 0 Å². The Labute approximate surface area is 188 Å². The molecule has 2 aromatic rings. The van der Waals surface area contributed by atoms with E-state index in [1.54, 1.807) is 50.9 Å². The largest absolute Gasteiger partial charge is 0.417 e. The molecule has 0 saturated carbocycles. The Morgan fingerprint density at radius 3 is 2.34 bits per heavy atom. The van der Waals surface area contributed by atoms with Crippen molar-refractivity contribution in [1.82, 2.24) is 0 Å². The molecule has 1 heterocycles. The van der Waals surface area contributed by atoms with Gasteiger partial charge in [0, 0.05) is 29.7 Å². The first-order valence-corrected chi connectivity index (χ1v) is 9.92. The van der Waals surface area contributed by atoms with Crippen molar-refractivity contribution >= 4 is 46.0 Å². The first kappa shape index (κ1) is 23.2. The van der Waals surface area contributed by atoms with Crippen LogP contribution in [0.5, 0.6) is 0 Å². The van der Waals surface area contributed by atoms with Crippen LogP contribution in [0.1, 0.15) is 37.5 Å². The standard InChI is InChI=1S/C22H20F3N5OS/c1-12(27)16-9-15(7-8-18(16)28-4)30-20(32)29(19(31)21(30,2)3)14-6-5-13(11-26)17(10-14)22(23,24)25/h5-10,27-28H,1-4H3. The number of anilines is 3. The van der Waals surface area contributed by atoms with Crippen LogP contribution in [0.25, 0.3) is 0 Å². The number of hydrogen-bond acceptors (Lipinski definition) is 5. The third-order valence-electron chi connectivity index (χ3n) is 5.29. The quantitative estimate of drug-likeness (QED) is 0.501. The van der Waals surface area contributed by atoms with E-state index in [0.29, 0.717) is 22.6 Å². The molecule has 0 aliphatic carbocycles. The zero-order valence-corrected chi connectivity index (χ0v) is 18.6. The molecule has 2 N–H and O–H groups in total. The summed E-state index contributed by atoms with van der Waals surface area (Å²) < 4.78 is 40.4. The minimum Gasteiger partial charge on any atom is -0.388 e. The summed E-state index contributed by atoms with van der Waals surface area (Å²) in [6, 6.07) is 9.77. The van der Waals surface area contributed by atoms with Crippen molar-refractivity contribution in [3.05, 3.63) is 53.1 Å². The van der Waals surface area contributed by atoms with E-state index in [9.17, 15) is 18.0 Å². The molecule has 2 aromatic carbocycles. The molecule has 0 aromatic heterocycles. The SMILES string of the molecule is CNc1ccc(N2C(=S)N(c3ccc(C#N)c(C(F)(F)F)c3)C(=O)C2(C)C)cc1C(C)=N. The smallest absolute Gasteiger partial charge is 0.388 e. The van der Waals surface area contributed by atoms with Gasteiger partial charge < -0.3 is 15.6 Å². The van der Waals surface area contributed by atoms with Crippen LogP contribution in [0.15, 0.2) is 36.4 Å². The number of nitrogens with one attached hydrogen (secondary N) is 2. The fraction of sp³-hybridized carbons (Fsp3) is 0.273. The van der Waals surface area contributed by atoms with E-state index >= 15 is 0 Å². The Morgan fingerprint density at radius 1 is 1.19 bits per heavy atom. The van der Waals surface area contributed by atoms with Gasteiger partial charge in [-0.1, -0.05) is 0 Å². The number of amides is 1. The van der Waals surface area contributed by atoms with Gasteiger partial charge in [0.25, 0.3) is 5.91 Å². The highest BCUT2D eigenvalue weighted by atomic mass is 32.1. The second kappa shape index (κ2) is 7.91. The summed E-state index contributed by atoms with van der Waals surface area (Å²) in [6.45, 7) is 4.87. The molecule has 3 rings (SSSR count). The van der Waals surface area contributed by atoms with Crippen molar-refractivity contribution in [2.75, 3.05) is 22.2 Å². The third kappa shape index (κ3) is 3.69. The molecule has 6 nitrogen and oxygen atoms in total. The van der Waals surface area contributed by atoms with Gasteiger partial charge in [0.2, 0.25) is 0 Å². The van der Waals surface area contributed by atoms with Crippen LogP contribution >= 0.6 is 12.2 Å². The summed E-state index contributed by atoms with van der Waals surface area (Å²) >= 11 is 5.54. The van der Waals surface area contributed by atoms with Crippen molar-refractivity contribution in [2.45, 2.75) is 32.5 Å². The fourth-order valence-electron chi connectivity index (χ4n) is 3.66. The Balaban J connectivity index is 2.14. The van der Waals surface area contributed by atoms with Gasteiger partial charge in [0.1, 0.15) is 5.54 Å².